The molecule has 160 valence electrons. The summed E-state index contributed by atoms with van der Waals surface area (Å²) in [7, 11) is 1.71. The van der Waals surface area contributed by atoms with Gasteiger partial charge in [-0.1, -0.05) is 0 Å². The van der Waals surface area contributed by atoms with Crippen LogP contribution in [-0.2, 0) is 9.47 Å². The second-order valence-corrected chi connectivity index (χ2v) is 7.34. The van der Waals surface area contributed by atoms with E-state index in [9.17, 15) is 10.2 Å². The first-order chi connectivity index (χ1) is 14.0. The molecule has 2 aromatic heterocycles. The molecule has 12 heteroatoms. The number of nitrogens with one attached hydrogen (secondary N) is 2. The Morgan fingerprint density at radius 1 is 1.34 bits per heavy atom. The van der Waals surface area contributed by atoms with Crippen LogP contribution in [-0.4, -0.2) is 99.1 Å². The van der Waals surface area contributed by atoms with Gasteiger partial charge in [0, 0.05) is 20.1 Å². The van der Waals surface area contributed by atoms with Gasteiger partial charge in [-0.05, 0) is 6.92 Å². The number of imidazole rings is 1. The normalized spacial score (nSPS) is 30.7. The highest BCUT2D eigenvalue weighted by molar-refractivity contribution is 5.84. The van der Waals surface area contributed by atoms with Gasteiger partial charge >= 0.3 is 0 Å². The monoisotopic (exact) mass is 411 g/mol. The second kappa shape index (κ2) is 7.95. The zero-order chi connectivity index (χ0) is 20.6. The second-order valence-electron chi connectivity index (χ2n) is 7.34. The average molecular weight is 411 g/mol. The Kier molecular flexibility index (Phi) is 5.53. The van der Waals surface area contributed by atoms with E-state index in [2.05, 4.69) is 30.5 Å². The number of aliphatic hydroxyl groups excluding tert-OH is 2. The van der Waals surface area contributed by atoms with Gasteiger partial charge in [0.25, 0.3) is 0 Å². The van der Waals surface area contributed by atoms with Crippen molar-refractivity contribution < 1.29 is 24.1 Å². The van der Waals surface area contributed by atoms with Crippen molar-refractivity contribution in [2.24, 2.45) is 0 Å². The molecule has 0 saturated carbocycles. The molecule has 4 atom stereocenters. The Bertz CT molecular complexity index is 858. The van der Waals surface area contributed by atoms with E-state index < -0.39 is 30.7 Å². The molecule has 2 fully saturated rings. The standard InChI is InChI=1S/C17H26FN7O4/c1-17(18)12(27)10(7-26)29-15(17)25-9-20-11-13(19-2)22-16(23-14(11)25)21-8-24-3-5-28-6-4-24/h9-10,12,15,26-27H,3-8H2,1-2H3,(H2,19,21,22,23)/t10-,12-,15-,17-/m1/s1. The molecule has 2 aliphatic rings. The molecule has 4 rings (SSSR count). The molecule has 4 heterocycles. The largest absolute Gasteiger partial charge is 0.394 e. The van der Waals surface area contributed by atoms with E-state index in [-0.39, 0.29) is 0 Å². The average Bonchev–Trinajstić information content (AvgIpc) is 3.25. The van der Waals surface area contributed by atoms with E-state index >= 15 is 4.39 Å². The lowest BCUT2D eigenvalue weighted by atomic mass is 9.98. The molecule has 0 aromatic carbocycles. The van der Waals surface area contributed by atoms with Gasteiger partial charge in [0.15, 0.2) is 28.9 Å². The Balaban J connectivity index is 1.65. The van der Waals surface area contributed by atoms with Crippen LogP contribution < -0.4 is 10.6 Å². The maximum Gasteiger partial charge on any atom is 0.227 e. The zero-order valence-electron chi connectivity index (χ0n) is 16.4. The van der Waals surface area contributed by atoms with Crippen LogP contribution in [0.3, 0.4) is 0 Å². The van der Waals surface area contributed by atoms with Crippen LogP contribution in [0.4, 0.5) is 16.2 Å². The van der Waals surface area contributed by atoms with Gasteiger partial charge in [-0.3, -0.25) is 9.47 Å². The van der Waals surface area contributed by atoms with Crippen LogP contribution in [0.15, 0.2) is 6.33 Å². The van der Waals surface area contributed by atoms with Crippen LogP contribution >= 0.6 is 0 Å². The number of alkyl halides is 1. The summed E-state index contributed by atoms with van der Waals surface area (Å²) < 4.78 is 27.6. The Morgan fingerprint density at radius 3 is 2.76 bits per heavy atom. The van der Waals surface area contributed by atoms with Crippen molar-refractivity contribution in [2.75, 3.05) is 57.3 Å². The number of aliphatic hydroxyl groups is 2. The lowest BCUT2D eigenvalue weighted by Gasteiger charge is -2.26. The third-order valence-electron chi connectivity index (χ3n) is 5.37. The summed E-state index contributed by atoms with van der Waals surface area (Å²) in [5.41, 5.74) is -1.33. The summed E-state index contributed by atoms with van der Waals surface area (Å²) in [5, 5.41) is 25.7. The fourth-order valence-electron chi connectivity index (χ4n) is 3.65. The number of fused-ring (bicyclic) bond motifs is 1. The number of hydrogen-bond donors (Lipinski definition) is 4. The molecule has 0 amide bonds. The predicted molar refractivity (Wildman–Crippen MR) is 102 cm³/mol. The SMILES string of the molecule is CNc1nc(NCN2CCOCC2)nc2c1ncn2[C@@H]1O[C@H](CO)[C@@H](O)[C@@]1(C)F. The van der Waals surface area contributed by atoms with Crippen LogP contribution in [0.2, 0.25) is 0 Å². The molecule has 0 bridgehead atoms. The minimum atomic E-state index is -2.13. The number of ether oxygens (including phenoxy) is 2. The lowest BCUT2D eigenvalue weighted by molar-refractivity contribution is -0.0566. The first kappa shape index (κ1) is 20.2. The van der Waals surface area contributed by atoms with E-state index in [0.717, 1.165) is 13.1 Å². The first-order valence-corrected chi connectivity index (χ1v) is 9.55. The van der Waals surface area contributed by atoms with Crippen molar-refractivity contribution in [2.45, 2.75) is 31.0 Å². The van der Waals surface area contributed by atoms with Gasteiger partial charge < -0.3 is 30.3 Å². The van der Waals surface area contributed by atoms with Gasteiger partial charge in [0.05, 0.1) is 32.8 Å². The number of halogens is 1. The summed E-state index contributed by atoms with van der Waals surface area (Å²) in [6.45, 7) is 4.26. The molecule has 0 unspecified atom stereocenters. The van der Waals surface area contributed by atoms with Crippen LogP contribution in [0.1, 0.15) is 13.2 Å². The Labute approximate surface area is 166 Å². The van der Waals surface area contributed by atoms with Gasteiger partial charge in [0.1, 0.15) is 12.2 Å². The highest BCUT2D eigenvalue weighted by atomic mass is 19.1. The molecule has 0 aliphatic carbocycles. The number of nitrogens with zero attached hydrogens (tertiary/aromatic N) is 5. The highest BCUT2D eigenvalue weighted by Crippen LogP contribution is 2.42. The van der Waals surface area contributed by atoms with E-state index in [1.165, 1.54) is 17.8 Å². The Hall–Kier alpha value is -2.12. The number of hydrogen-bond acceptors (Lipinski definition) is 10. The van der Waals surface area contributed by atoms with E-state index in [1.807, 2.05) is 0 Å². The maximum absolute atomic E-state index is 15.2. The molecule has 0 spiro atoms. The van der Waals surface area contributed by atoms with Crippen molar-refractivity contribution in [1.82, 2.24) is 24.4 Å². The van der Waals surface area contributed by atoms with Crippen LogP contribution in [0.5, 0.6) is 0 Å². The summed E-state index contributed by atoms with van der Waals surface area (Å²) in [6.07, 6.45) is -2.29. The highest BCUT2D eigenvalue weighted by Gasteiger charge is 2.55. The molecule has 4 N–H and O–H groups in total. The van der Waals surface area contributed by atoms with Crippen LogP contribution in [0, 0.1) is 0 Å². The van der Waals surface area contributed by atoms with E-state index in [0.29, 0.717) is 42.8 Å². The minimum absolute atomic E-state index is 0.355. The summed E-state index contributed by atoms with van der Waals surface area (Å²) in [6, 6.07) is 0. The van der Waals surface area contributed by atoms with Gasteiger partial charge in [-0.25, -0.2) is 9.37 Å². The van der Waals surface area contributed by atoms with Crippen molar-refractivity contribution in [3.63, 3.8) is 0 Å². The molecule has 29 heavy (non-hydrogen) atoms. The smallest absolute Gasteiger partial charge is 0.227 e. The van der Waals surface area contributed by atoms with Crippen molar-refractivity contribution >= 4 is 22.9 Å². The molecule has 2 saturated heterocycles. The van der Waals surface area contributed by atoms with Gasteiger partial charge in [-0.2, -0.15) is 9.97 Å². The van der Waals surface area contributed by atoms with Gasteiger partial charge in [-0.15, -0.1) is 0 Å². The molecular weight excluding hydrogens is 385 g/mol. The van der Waals surface area contributed by atoms with E-state index in [1.54, 1.807) is 7.05 Å². The predicted octanol–water partition coefficient (Wildman–Crippen LogP) is -0.452. The van der Waals surface area contributed by atoms with Crippen LogP contribution in [0.25, 0.3) is 11.2 Å². The summed E-state index contributed by atoms with van der Waals surface area (Å²) in [4.78, 5) is 15.4. The fraction of sp³-hybridized carbons (Fsp3) is 0.706. The van der Waals surface area contributed by atoms with Crippen molar-refractivity contribution in [3.05, 3.63) is 6.33 Å². The number of morpholine rings is 1. The summed E-state index contributed by atoms with van der Waals surface area (Å²) >= 11 is 0. The Morgan fingerprint density at radius 2 is 2.10 bits per heavy atom. The molecule has 0 radical (unpaired) electrons. The maximum atomic E-state index is 15.2. The number of rotatable bonds is 6. The topological polar surface area (TPSA) is 130 Å². The van der Waals surface area contributed by atoms with Crippen molar-refractivity contribution in [1.29, 1.82) is 0 Å². The number of anilines is 2. The van der Waals surface area contributed by atoms with Gasteiger partial charge in [0.2, 0.25) is 5.95 Å². The minimum Gasteiger partial charge on any atom is -0.394 e. The number of aromatic nitrogens is 4. The zero-order valence-corrected chi connectivity index (χ0v) is 16.4. The lowest BCUT2D eigenvalue weighted by Crippen LogP contribution is -2.40. The molecule has 2 aliphatic heterocycles. The third-order valence-corrected chi connectivity index (χ3v) is 5.37. The first-order valence-electron chi connectivity index (χ1n) is 9.55. The third kappa shape index (κ3) is 3.62. The molecule has 11 nitrogen and oxygen atoms in total. The molecule has 2 aromatic rings. The summed E-state index contributed by atoms with van der Waals surface area (Å²) in [5.74, 6) is 0.837. The quantitative estimate of drug-likeness (QED) is 0.496. The molecular formula is C17H26FN7O4. The fourth-order valence-corrected chi connectivity index (χ4v) is 3.65. The van der Waals surface area contributed by atoms with E-state index in [4.69, 9.17) is 9.47 Å². The van der Waals surface area contributed by atoms with Crippen molar-refractivity contribution in [3.8, 4) is 0 Å².